The molecular weight excluding hydrogens is 446 g/mol. The van der Waals surface area contributed by atoms with Gasteiger partial charge in [-0.1, -0.05) is 27.5 Å². The predicted octanol–water partition coefficient (Wildman–Crippen LogP) is 4.24. The molecule has 0 spiro atoms. The molecule has 0 fully saturated rings. The van der Waals surface area contributed by atoms with Gasteiger partial charge in [-0.15, -0.1) is 0 Å². The van der Waals surface area contributed by atoms with Gasteiger partial charge in [-0.2, -0.15) is 0 Å². The first-order chi connectivity index (χ1) is 13.2. The molecule has 0 radical (unpaired) electrons. The molecule has 0 aromatic heterocycles. The van der Waals surface area contributed by atoms with Crippen LogP contribution in [0.2, 0.25) is 5.02 Å². The summed E-state index contributed by atoms with van der Waals surface area (Å²) in [6.45, 7) is 3.90. The number of likely N-dealkylation sites (N-methyl/N-ethyl adjacent to an activating group) is 1. The molecule has 2 rings (SSSR count). The SMILES string of the molecule is COc1cc(Cl)c(C)cc1NC(=O)CN(C)CC(=O)Nc1ccc(Br)cc1C. The molecule has 0 saturated heterocycles. The van der Waals surface area contributed by atoms with Crippen LogP contribution >= 0.6 is 27.5 Å². The highest BCUT2D eigenvalue weighted by atomic mass is 79.9. The summed E-state index contributed by atoms with van der Waals surface area (Å²) in [6, 6.07) is 9.03. The van der Waals surface area contributed by atoms with Gasteiger partial charge in [0.25, 0.3) is 0 Å². The zero-order valence-electron chi connectivity index (χ0n) is 16.2. The minimum Gasteiger partial charge on any atom is -0.495 e. The molecule has 0 aliphatic rings. The quantitative estimate of drug-likeness (QED) is 0.638. The number of aryl methyl sites for hydroxylation is 2. The fraction of sp³-hybridized carbons (Fsp3) is 0.300. The van der Waals surface area contributed by atoms with E-state index < -0.39 is 0 Å². The highest BCUT2D eigenvalue weighted by Crippen LogP contribution is 2.30. The Kier molecular flexibility index (Phi) is 7.86. The number of nitrogens with one attached hydrogen (secondary N) is 2. The maximum absolute atomic E-state index is 12.3. The number of rotatable bonds is 7. The van der Waals surface area contributed by atoms with Crippen LogP contribution in [0.5, 0.6) is 5.75 Å². The molecule has 2 aromatic carbocycles. The Morgan fingerprint density at radius 3 is 2.21 bits per heavy atom. The molecule has 0 saturated carbocycles. The first-order valence-electron chi connectivity index (χ1n) is 8.58. The van der Waals surface area contributed by atoms with E-state index in [4.69, 9.17) is 16.3 Å². The van der Waals surface area contributed by atoms with Crippen LogP contribution in [0.3, 0.4) is 0 Å². The van der Waals surface area contributed by atoms with Crippen molar-refractivity contribution in [1.29, 1.82) is 0 Å². The molecule has 0 unspecified atom stereocenters. The first-order valence-corrected chi connectivity index (χ1v) is 9.75. The number of hydrogen-bond acceptors (Lipinski definition) is 4. The van der Waals surface area contributed by atoms with Crippen molar-refractivity contribution in [3.05, 3.63) is 51.0 Å². The minimum atomic E-state index is -0.254. The smallest absolute Gasteiger partial charge is 0.238 e. The molecule has 2 N–H and O–H groups in total. The fourth-order valence-corrected chi connectivity index (χ4v) is 3.25. The molecule has 28 heavy (non-hydrogen) atoms. The second-order valence-electron chi connectivity index (χ2n) is 6.53. The van der Waals surface area contributed by atoms with E-state index in [9.17, 15) is 9.59 Å². The highest BCUT2D eigenvalue weighted by molar-refractivity contribution is 9.10. The molecule has 0 aliphatic heterocycles. The van der Waals surface area contributed by atoms with E-state index >= 15 is 0 Å². The van der Waals surface area contributed by atoms with Crippen LogP contribution in [-0.4, -0.2) is 44.0 Å². The van der Waals surface area contributed by atoms with Crippen molar-refractivity contribution >= 4 is 50.7 Å². The lowest BCUT2D eigenvalue weighted by Gasteiger charge is -2.18. The normalized spacial score (nSPS) is 10.7. The number of carbonyl (C=O) groups is 2. The molecule has 8 heteroatoms. The van der Waals surface area contributed by atoms with E-state index in [0.717, 1.165) is 21.3 Å². The summed E-state index contributed by atoms with van der Waals surface area (Å²) >= 11 is 9.47. The number of methoxy groups -OCH3 is 1. The van der Waals surface area contributed by atoms with E-state index in [1.165, 1.54) is 7.11 Å². The van der Waals surface area contributed by atoms with Gasteiger partial charge in [0, 0.05) is 21.2 Å². The van der Waals surface area contributed by atoms with Crippen LogP contribution in [0.4, 0.5) is 11.4 Å². The van der Waals surface area contributed by atoms with Crippen molar-refractivity contribution < 1.29 is 14.3 Å². The maximum atomic E-state index is 12.3. The molecule has 0 bridgehead atoms. The third kappa shape index (κ3) is 6.22. The maximum Gasteiger partial charge on any atom is 0.238 e. The Morgan fingerprint density at radius 2 is 1.64 bits per heavy atom. The average molecular weight is 469 g/mol. The summed E-state index contributed by atoms with van der Waals surface area (Å²) in [7, 11) is 3.22. The average Bonchev–Trinajstić information content (AvgIpc) is 2.60. The van der Waals surface area contributed by atoms with Gasteiger partial charge in [-0.3, -0.25) is 14.5 Å². The number of carbonyl (C=O) groups excluding carboxylic acids is 2. The topological polar surface area (TPSA) is 70.7 Å². The number of halogens is 2. The van der Waals surface area contributed by atoms with Crippen molar-refractivity contribution in [3.63, 3.8) is 0 Å². The molecule has 0 aliphatic carbocycles. The predicted molar refractivity (Wildman–Crippen MR) is 116 cm³/mol. The Balaban J connectivity index is 1.92. The second-order valence-corrected chi connectivity index (χ2v) is 7.85. The summed E-state index contributed by atoms with van der Waals surface area (Å²) in [6.07, 6.45) is 0. The van der Waals surface area contributed by atoms with Crippen molar-refractivity contribution in [2.24, 2.45) is 0 Å². The number of anilines is 2. The highest BCUT2D eigenvalue weighted by Gasteiger charge is 2.14. The van der Waals surface area contributed by atoms with E-state index in [1.54, 1.807) is 24.1 Å². The number of ether oxygens (including phenoxy) is 1. The number of hydrogen-bond donors (Lipinski definition) is 2. The van der Waals surface area contributed by atoms with E-state index in [2.05, 4.69) is 26.6 Å². The minimum absolute atomic E-state index is 0.0531. The Hall–Kier alpha value is -2.09. The Labute approximate surface area is 178 Å². The van der Waals surface area contributed by atoms with Gasteiger partial charge in [0.2, 0.25) is 11.8 Å². The lowest BCUT2D eigenvalue weighted by Crippen LogP contribution is -2.36. The summed E-state index contributed by atoms with van der Waals surface area (Å²) in [5.41, 5.74) is 3.06. The van der Waals surface area contributed by atoms with E-state index in [1.807, 2.05) is 32.0 Å². The third-order valence-electron chi connectivity index (χ3n) is 4.04. The largest absolute Gasteiger partial charge is 0.495 e. The van der Waals surface area contributed by atoms with Crippen molar-refractivity contribution in [2.45, 2.75) is 13.8 Å². The van der Waals surface area contributed by atoms with Crippen LogP contribution in [-0.2, 0) is 9.59 Å². The monoisotopic (exact) mass is 467 g/mol. The lowest BCUT2D eigenvalue weighted by atomic mass is 10.2. The van der Waals surface area contributed by atoms with Crippen molar-refractivity contribution in [3.8, 4) is 5.75 Å². The Morgan fingerprint density at radius 1 is 1.04 bits per heavy atom. The van der Waals surface area contributed by atoms with Crippen molar-refractivity contribution in [2.75, 3.05) is 37.9 Å². The van der Waals surface area contributed by atoms with Gasteiger partial charge in [0.1, 0.15) is 5.75 Å². The van der Waals surface area contributed by atoms with E-state index in [-0.39, 0.29) is 24.9 Å². The van der Waals surface area contributed by atoms with Gasteiger partial charge < -0.3 is 15.4 Å². The zero-order valence-corrected chi connectivity index (χ0v) is 18.6. The molecule has 0 atom stereocenters. The molecule has 150 valence electrons. The molecular formula is C20H23BrClN3O3. The summed E-state index contributed by atoms with van der Waals surface area (Å²) < 4.78 is 6.21. The van der Waals surface area contributed by atoms with Crippen molar-refractivity contribution in [1.82, 2.24) is 4.90 Å². The first kappa shape index (κ1) is 22.2. The lowest BCUT2D eigenvalue weighted by molar-refractivity contribution is -0.119. The van der Waals surface area contributed by atoms with Gasteiger partial charge in [0.15, 0.2) is 0 Å². The Bertz CT molecular complexity index is 889. The second kappa shape index (κ2) is 9.91. The summed E-state index contributed by atoms with van der Waals surface area (Å²) in [5.74, 6) is 0.0332. The standard InChI is InChI=1S/C20H23BrClN3O3/c1-12-8-17(18(28-4)9-15(12)22)24-20(27)11-25(3)10-19(26)23-16-6-5-14(21)7-13(16)2/h5-9H,10-11H2,1-4H3,(H,23,26)(H,24,27). The molecule has 2 amide bonds. The number of benzene rings is 2. The van der Waals surface area contributed by atoms with Crippen LogP contribution in [0.1, 0.15) is 11.1 Å². The van der Waals surface area contributed by atoms with E-state index in [0.29, 0.717) is 16.5 Å². The van der Waals surface area contributed by atoms with Crippen LogP contribution in [0, 0.1) is 13.8 Å². The zero-order chi connectivity index (χ0) is 20.8. The molecule has 0 heterocycles. The fourth-order valence-electron chi connectivity index (χ4n) is 2.62. The van der Waals surface area contributed by atoms with Crippen LogP contribution in [0.15, 0.2) is 34.8 Å². The summed E-state index contributed by atoms with van der Waals surface area (Å²) in [4.78, 5) is 26.2. The van der Waals surface area contributed by atoms with Crippen LogP contribution < -0.4 is 15.4 Å². The summed E-state index contributed by atoms with van der Waals surface area (Å²) in [5, 5.41) is 6.21. The number of amides is 2. The molecule has 6 nitrogen and oxygen atoms in total. The van der Waals surface area contributed by atoms with Gasteiger partial charge in [-0.05, 0) is 56.3 Å². The van der Waals surface area contributed by atoms with Crippen LogP contribution in [0.25, 0.3) is 0 Å². The van der Waals surface area contributed by atoms with Gasteiger partial charge in [0.05, 0.1) is 25.9 Å². The molecule has 2 aromatic rings. The van der Waals surface area contributed by atoms with Gasteiger partial charge >= 0.3 is 0 Å². The number of nitrogens with zero attached hydrogens (tertiary/aromatic N) is 1. The third-order valence-corrected chi connectivity index (χ3v) is 4.94. The van der Waals surface area contributed by atoms with Gasteiger partial charge in [-0.25, -0.2) is 0 Å².